The zero-order valence-corrected chi connectivity index (χ0v) is 6.85. The van der Waals surface area contributed by atoms with Gasteiger partial charge in [0.15, 0.2) is 0 Å². The first kappa shape index (κ1) is 8.95. The maximum Gasteiger partial charge on any atom is 0.233 e. The van der Waals surface area contributed by atoms with Crippen molar-refractivity contribution < 1.29 is 4.79 Å². The zero-order valence-electron chi connectivity index (χ0n) is 5.27. The van der Waals surface area contributed by atoms with Crippen LogP contribution in [0, 0.1) is 13.8 Å². The molecule has 52 valence electrons. The van der Waals surface area contributed by atoms with Gasteiger partial charge in [-0.05, 0) is 13.8 Å². The second kappa shape index (κ2) is 4.79. The number of rotatable bonds is 3. The van der Waals surface area contributed by atoms with Gasteiger partial charge in [-0.15, -0.1) is 0 Å². The normalized spacial score (nSPS) is 9.22. The van der Waals surface area contributed by atoms with Crippen LogP contribution in [0.15, 0.2) is 0 Å². The Balaban J connectivity index is 3.64. The van der Waals surface area contributed by atoms with Crippen LogP contribution in [-0.2, 0) is 4.79 Å². The van der Waals surface area contributed by atoms with E-state index in [-0.39, 0.29) is 5.91 Å². The number of carbonyl (C=O) groups excluding carboxylic acids is 1. The van der Waals surface area contributed by atoms with Gasteiger partial charge in [-0.2, -0.15) is 0 Å². The van der Waals surface area contributed by atoms with Gasteiger partial charge in [0.05, 0.1) is 5.33 Å². The molecule has 0 atom stereocenters. The molecule has 0 spiro atoms. The van der Waals surface area contributed by atoms with E-state index in [1.807, 2.05) is 0 Å². The first-order valence-electron chi connectivity index (χ1n) is 2.68. The third-order valence-corrected chi connectivity index (χ3v) is 1.49. The van der Waals surface area contributed by atoms with Gasteiger partial charge in [-0.3, -0.25) is 4.79 Å². The van der Waals surface area contributed by atoms with E-state index in [2.05, 4.69) is 29.8 Å². The van der Waals surface area contributed by atoms with E-state index in [0.29, 0.717) is 18.4 Å². The Morgan fingerprint density at radius 1 is 1.44 bits per heavy atom. The molecule has 0 heterocycles. The maximum atomic E-state index is 10.8. The third-order valence-electron chi connectivity index (χ3n) is 1.01. The fourth-order valence-corrected chi connectivity index (χ4v) is 0.800. The van der Waals surface area contributed by atoms with E-state index in [1.54, 1.807) is 4.90 Å². The summed E-state index contributed by atoms with van der Waals surface area (Å²) in [6.07, 6.45) is 0. The third kappa shape index (κ3) is 2.84. The minimum Gasteiger partial charge on any atom is -0.342 e. The predicted octanol–water partition coefficient (Wildman–Crippen LogP) is 0.878. The number of hydrogen-bond donors (Lipinski definition) is 0. The van der Waals surface area contributed by atoms with Crippen molar-refractivity contribution >= 4 is 21.8 Å². The summed E-state index contributed by atoms with van der Waals surface area (Å²) in [4.78, 5) is 12.3. The monoisotopic (exact) mass is 191 g/mol. The average Bonchev–Trinajstić information content (AvgIpc) is 1.90. The molecular weight excluding hydrogens is 182 g/mol. The van der Waals surface area contributed by atoms with Crippen molar-refractivity contribution in [3.63, 3.8) is 0 Å². The van der Waals surface area contributed by atoms with Crippen LogP contribution >= 0.6 is 15.9 Å². The lowest BCUT2D eigenvalue weighted by atomic mass is 10.5. The van der Waals surface area contributed by atoms with Gasteiger partial charge >= 0.3 is 0 Å². The molecule has 0 fully saturated rings. The largest absolute Gasteiger partial charge is 0.342 e. The van der Waals surface area contributed by atoms with E-state index in [9.17, 15) is 4.79 Å². The Morgan fingerprint density at radius 3 is 2.00 bits per heavy atom. The summed E-state index contributed by atoms with van der Waals surface area (Å²) >= 11 is 3.05. The number of carbonyl (C=O) groups is 1. The fraction of sp³-hybridized carbons (Fsp3) is 0.500. The molecule has 0 aliphatic carbocycles. The summed E-state index contributed by atoms with van der Waals surface area (Å²) in [5.74, 6) is 0.0417. The number of hydrogen-bond acceptors (Lipinski definition) is 1. The first-order valence-corrected chi connectivity index (χ1v) is 3.80. The first-order chi connectivity index (χ1) is 4.26. The maximum absolute atomic E-state index is 10.8. The Morgan fingerprint density at radius 2 is 1.89 bits per heavy atom. The number of amides is 1. The Kier molecular flexibility index (Phi) is 4.77. The van der Waals surface area contributed by atoms with Gasteiger partial charge < -0.3 is 4.90 Å². The molecule has 0 unspecified atom stereocenters. The van der Waals surface area contributed by atoms with Crippen molar-refractivity contribution in [3.05, 3.63) is 13.8 Å². The van der Waals surface area contributed by atoms with E-state index in [4.69, 9.17) is 0 Å². The minimum absolute atomic E-state index is 0.0417. The molecule has 0 rings (SSSR count). The van der Waals surface area contributed by atoms with Crippen LogP contribution in [0.2, 0.25) is 0 Å². The molecule has 0 saturated heterocycles. The SMILES string of the molecule is [CH2]CN(C[CH2])C(=O)CBr. The van der Waals surface area contributed by atoms with Crippen LogP contribution in [0.3, 0.4) is 0 Å². The number of alkyl halides is 1. The van der Waals surface area contributed by atoms with Crippen LogP contribution in [0.25, 0.3) is 0 Å². The molecule has 0 N–H and O–H groups in total. The summed E-state index contributed by atoms with van der Waals surface area (Å²) in [5, 5.41) is 0.359. The van der Waals surface area contributed by atoms with Gasteiger partial charge in [0, 0.05) is 13.1 Å². The summed E-state index contributed by atoms with van der Waals surface area (Å²) in [5.41, 5.74) is 0. The van der Waals surface area contributed by atoms with Crippen LogP contribution in [0.1, 0.15) is 0 Å². The van der Waals surface area contributed by atoms with E-state index < -0.39 is 0 Å². The molecule has 2 nitrogen and oxygen atoms in total. The molecule has 3 heteroatoms. The van der Waals surface area contributed by atoms with E-state index in [1.165, 1.54) is 0 Å². The second-order valence-electron chi connectivity index (χ2n) is 1.51. The summed E-state index contributed by atoms with van der Waals surface area (Å²) < 4.78 is 0. The highest BCUT2D eigenvalue weighted by Crippen LogP contribution is 1.91. The molecule has 2 radical (unpaired) electrons. The molecule has 1 amide bonds. The number of nitrogens with zero attached hydrogens (tertiary/aromatic N) is 1. The summed E-state index contributed by atoms with van der Waals surface area (Å²) in [6, 6.07) is 0. The predicted molar refractivity (Wildman–Crippen MR) is 41.1 cm³/mol. The summed E-state index contributed by atoms with van der Waals surface area (Å²) in [6.45, 7) is 8.13. The Hall–Kier alpha value is -0.0500. The van der Waals surface area contributed by atoms with Crippen molar-refractivity contribution in [2.45, 2.75) is 0 Å². The molecule has 0 aliphatic rings. The molecule has 0 bridgehead atoms. The van der Waals surface area contributed by atoms with Crippen molar-refractivity contribution in [2.24, 2.45) is 0 Å². The molecule has 9 heavy (non-hydrogen) atoms. The topological polar surface area (TPSA) is 20.3 Å². The lowest BCUT2D eigenvalue weighted by Gasteiger charge is -2.16. The van der Waals surface area contributed by atoms with Crippen molar-refractivity contribution in [1.29, 1.82) is 0 Å². The van der Waals surface area contributed by atoms with Crippen molar-refractivity contribution in [3.8, 4) is 0 Å². The van der Waals surface area contributed by atoms with Crippen molar-refractivity contribution in [2.75, 3.05) is 18.4 Å². The highest BCUT2D eigenvalue weighted by molar-refractivity contribution is 9.09. The standard InChI is InChI=1S/C6H10BrNO/c1-3-8(4-2)6(9)5-7/h1-5H2. The van der Waals surface area contributed by atoms with Crippen LogP contribution in [0.5, 0.6) is 0 Å². The van der Waals surface area contributed by atoms with Gasteiger partial charge in [0.1, 0.15) is 0 Å². The van der Waals surface area contributed by atoms with Crippen molar-refractivity contribution in [1.82, 2.24) is 4.90 Å². The van der Waals surface area contributed by atoms with Crippen LogP contribution < -0.4 is 0 Å². The van der Waals surface area contributed by atoms with Crippen LogP contribution in [-0.4, -0.2) is 29.2 Å². The van der Waals surface area contributed by atoms with Crippen LogP contribution in [0.4, 0.5) is 0 Å². The van der Waals surface area contributed by atoms with Gasteiger partial charge in [-0.1, -0.05) is 15.9 Å². The minimum atomic E-state index is 0.0417. The average molecular weight is 192 g/mol. The molecule has 0 aromatic carbocycles. The Labute approximate surface area is 64.4 Å². The smallest absolute Gasteiger partial charge is 0.233 e. The lowest BCUT2D eigenvalue weighted by molar-refractivity contribution is -0.127. The Bertz CT molecular complexity index is 91.1. The molecule has 0 saturated carbocycles. The molecule has 0 aromatic heterocycles. The van der Waals surface area contributed by atoms with Gasteiger partial charge in [0.25, 0.3) is 0 Å². The van der Waals surface area contributed by atoms with E-state index >= 15 is 0 Å². The van der Waals surface area contributed by atoms with Gasteiger partial charge in [0.2, 0.25) is 5.91 Å². The molecule has 0 aliphatic heterocycles. The number of halogens is 1. The zero-order chi connectivity index (χ0) is 7.28. The fourth-order valence-electron chi connectivity index (χ4n) is 0.446. The molecule has 0 aromatic rings. The second-order valence-corrected chi connectivity index (χ2v) is 2.08. The molecular formula is C6H10BrNO. The van der Waals surface area contributed by atoms with E-state index in [0.717, 1.165) is 0 Å². The highest BCUT2D eigenvalue weighted by atomic mass is 79.9. The quantitative estimate of drug-likeness (QED) is 0.607. The highest BCUT2D eigenvalue weighted by Gasteiger charge is 2.05. The lowest BCUT2D eigenvalue weighted by Crippen LogP contribution is -2.31. The summed E-state index contributed by atoms with van der Waals surface area (Å²) in [7, 11) is 0. The van der Waals surface area contributed by atoms with Gasteiger partial charge in [-0.25, -0.2) is 0 Å².